The van der Waals surface area contributed by atoms with Crippen LogP contribution < -0.4 is 10.1 Å². The van der Waals surface area contributed by atoms with Crippen LogP contribution in [0.4, 0.5) is 0 Å². The van der Waals surface area contributed by atoms with Gasteiger partial charge in [0.25, 0.3) is 0 Å². The van der Waals surface area contributed by atoms with Crippen molar-refractivity contribution in [3.8, 4) is 6.08 Å². The summed E-state index contributed by atoms with van der Waals surface area (Å²) in [6, 6.07) is 0. The highest BCUT2D eigenvalue weighted by Crippen LogP contribution is 2.11. The standard InChI is InChI=1S/C15H28N2O2/c1-3-5-6-7-8-9-11-18-15-17-14(13-19-15)12-16-10-4-2/h13,16H,3-12H2,1-2H3. The molecule has 1 rings (SSSR count). The predicted octanol–water partition coefficient (Wildman–Crippen LogP) is 3.91. The number of ether oxygens (including phenoxy) is 1. The van der Waals surface area contributed by atoms with Gasteiger partial charge in [-0.15, -0.1) is 0 Å². The van der Waals surface area contributed by atoms with E-state index in [9.17, 15) is 0 Å². The average Bonchev–Trinajstić information content (AvgIpc) is 2.86. The Hall–Kier alpha value is -1.03. The molecule has 0 radical (unpaired) electrons. The smallest absolute Gasteiger partial charge is 0.393 e. The van der Waals surface area contributed by atoms with E-state index >= 15 is 0 Å². The highest BCUT2D eigenvalue weighted by Gasteiger charge is 2.04. The molecular formula is C15H28N2O2. The molecule has 0 spiro atoms. The van der Waals surface area contributed by atoms with Gasteiger partial charge < -0.3 is 14.5 Å². The van der Waals surface area contributed by atoms with Gasteiger partial charge in [0.15, 0.2) is 0 Å². The van der Waals surface area contributed by atoms with Crippen LogP contribution in [0.25, 0.3) is 0 Å². The van der Waals surface area contributed by atoms with E-state index in [1.165, 1.54) is 32.1 Å². The molecule has 0 aliphatic heterocycles. The Bertz CT molecular complexity index is 313. The zero-order chi connectivity index (χ0) is 13.8. The summed E-state index contributed by atoms with van der Waals surface area (Å²) < 4.78 is 10.8. The molecule has 4 heteroatoms. The molecule has 0 aliphatic carbocycles. The minimum absolute atomic E-state index is 0.404. The monoisotopic (exact) mass is 268 g/mol. The molecule has 0 saturated carbocycles. The van der Waals surface area contributed by atoms with Gasteiger partial charge in [-0.25, -0.2) is 0 Å². The van der Waals surface area contributed by atoms with Crippen LogP contribution in [0, 0.1) is 0 Å². The van der Waals surface area contributed by atoms with E-state index in [4.69, 9.17) is 9.15 Å². The van der Waals surface area contributed by atoms with Crippen LogP contribution >= 0.6 is 0 Å². The fraction of sp³-hybridized carbons (Fsp3) is 0.800. The maximum absolute atomic E-state index is 5.49. The second-order valence-corrected chi connectivity index (χ2v) is 4.90. The summed E-state index contributed by atoms with van der Waals surface area (Å²) >= 11 is 0. The maximum Gasteiger partial charge on any atom is 0.393 e. The summed E-state index contributed by atoms with van der Waals surface area (Å²) in [6.07, 6.45) is 10.8. The van der Waals surface area contributed by atoms with E-state index in [1.807, 2.05) is 0 Å². The van der Waals surface area contributed by atoms with Crippen LogP contribution in [0.15, 0.2) is 10.7 Å². The Morgan fingerprint density at radius 2 is 1.89 bits per heavy atom. The van der Waals surface area contributed by atoms with E-state index in [1.54, 1.807) is 6.26 Å². The van der Waals surface area contributed by atoms with Gasteiger partial charge in [0, 0.05) is 6.54 Å². The molecule has 0 amide bonds. The van der Waals surface area contributed by atoms with Gasteiger partial charge in [0.2, 0.25) is 0 Å². The zero-order valence-corrected chi connectivity index (χ0v) is 12.4. The summed E-state index contributed by atoms with van der Waals surface area (Å²) in [6.45, 7) is 6.83. The third-order valence-corrected chi connectivity index (χ3v) is 2.99. The topological polar surface area (TPSA) is 47.3 Å². The number of nitrogens with one attached hydrogen (secondary N) is 1. The summed E-state index contributed by atoms with van der Waals surface area (Å²) in [5.74, 6) is 0. The second kappa shape index (κ2) is 10.9. The van der Waals surface area contributed by atoms with Gasteiger partial charge in [-0.3, -0.25) is 0 Å². The largest absolute Gasteiger partial charge is 0.450 e. The number of nitrogens with zero attached hydrogens (tertiary/aromatic N) is 1. The Morgan fingerprint density at radius 1 is 1.11 bits per heavy atom. The fourth-order valence-corrected chi connectivity index (χ4v) is 1.87. The minimum atomic E-state index is 0.404. The minimum Gasteiger partial charge on any atom is -0.450 e. The van der Waals surface area contributed by atoms with Crippen LogP contribution in [0.1, 0.15) is 64.5 Å². The normalized spacial score (nSPS) is 10.8. The number of oxazole rings is 1. The van der Waals surface area contributed by atoms with E-state index in [2.05, 4.69) is 24.1 Å². The molecule has 0 atom stereocenters. The predicted molar refractivity (Wildman–Crippen MR) is 77.4 cm³/mol. The van der Waals surface area contributed by atoms with Crippen LogP contribution in [-0.4, -0.2) is 18.1 Å². The Labute approximate surface area is 116 Å². The van der Waals surface area contributed by atoms with Crippen molar-refractivity contribution in [3.63, 3.8) is 0 Å². The summed E-state index contributed by atoms with van der Waals surface area (Å²) in [5.41, 5.74) is 0.909. The van der Waals surface area contributed by atoms with Crippen molar-refractivity contribution in [2.24, 2.45) is 0 Å². The fourth-order valence-electron chi connectivity index (χ4n) is 1.87. The molecule has 1 N–H and O–H groups in total. The van der Waals surface area contributed by atoms with E-state index in [-0.39, 0.29) is 0 Å². The third kappa shape index (κ3) is 7.88. The van der Waals surface area contributed by atoms with Crippen LogP contribution in [-0.2, 0) is 6.54 Å². The van der Waals surface area contributed by atoms with Crippen LogP contribution in [0.3, 0.4) is 0 Å². The molecule has 0 bridgehead atoms. The number of hydrogen-bond acceptors (Lipinski definition) is 4. The van der Waals surface area contributed by atoms with Gasteiger partial charge in [-0.1, -0.05) is 46.0 Å². The van der Waals surface area contributed by atoms with Crippen molar-refractivity contribution in [2.45, 2.75) is 65.3 Å². The second-order valence-electron chi connectivity index (χ2n) is 4.90. The Balaban J connectivity index is 2.03. The van der Waals surface area contributed by atoms with Gasteiger partial charge in [0.05, 0.1) is 12.3 Å². The highest BCUT2D eigenvalue weighted by atomic mass is 16.6. The molecule has 0 saturated heterocycles. The molecule has 1 heterocycles. The lowest BCUT2D eigenvalue weighted by molar-refractivity contribution is 0.224. The lowest BCUT2D eigenvalue weighted by Gasteiger charge is -2.01. The first-order valence-electron chi connectivity index (χ1n) is 7.64. The summed E-state index contributed by atoms with van der Waals surface area (Å²) in [5, 5.41) is 3.28. The quantitative estimate of drug-likeness (QED) is 0.584. The molecule has 0 aliphatic rings. The Morgan fingerprint density at radius 3 is 2.68 bits per heavy atom. The van der Waals surface area contributed by atoms with E-state index in [0.717, 1.165) is 31.6 Å². The molecule has 1 aromatic heterocycles. The van der Waals surface area contributed by atoms with Gasteiger partial charge >= 0.3 is 6.08 Å². The Kier molecular flexibility index (Phi) is 9.15. The highest BCUT2D eigenvalue weighted by molar-refractivity contribution is 4.99. The van der Waals surface area contributed by atoms with Crippen LogP contribution in [0.5, 0.6) is 6.08 Å². The molecule has 110 valence electrons. The lowest BCUT2D eigenvalue weighted by Crippen LogP contribution is -2.13. The first-order chi connectivity index (χ1) is 9.36. The molecule has 4 nitrogen and oxygen atoms in total. The molecule has 0 fully saturated rings. The number of unbranched alkanes of at least 4 members (excludes halogenated alkanes) is 5. The molecular weight excluding hydrogens is 240 g/mol. The van der Waals surface area contributed by atoms with Gasteiger partial charge in [-0.2, -0.15) is 4.98 Å². The number of aromatic nitrogens is 1. The van der Waals surface area contributed by atoms with Crippen molar-refractivity contribution in [2.75, 3.05) is 13.2 Å². The number of rotatable bonds is 12. The van der Waals surface area contributed by atoms with Crippen molar-refractivity contribution >= 4 is 0 Å². The first kappa shape index (κ1) is 16.0. The van der Waals surface area contributed by atoms with Gasteiger partial charge in [-0.05, 0) is 19.4 Å². The molecule has 0 unspecified atom stereocenters. The molecule has 0 aromatic carbocycles. The van der Waals surface area contributed by atoms with Crippen molar-refractivity contribution in [3.05, 3.63) is 12.0 Å². The number of hydrogen-bond donors (Lipinski definition) is 1. The van der Waals surface area contributed by atoms with Crippen LogP contribution in [0.2, 0.25) is 0 Å². The first-order valence-corrected chi connectivity index (χ1v) is 7.64. The van der Waals surface area contributed by atoms with Crippen molar-refractivity contribution in [1.29, 1.82) is 0 Å². The average molecular weight is 268 g/mol. The van der Waals surface area contributed by atoms with Crippen molar-refractivity contribution < 1.29 is 9.15 Å². The van der Waals surface area contributed by atoms with E-state index < -0.39 is 0 Å². The summed E-state index contributed by atoms with van der Waals surface area (Å²) in [7, 11) is 0. The SMILES string of the molecule is CCCCCCCCOc1nc(CNCCC)co1. The third-order valence-electron chi connectivity index (χ3n) is 2.99. The zero-order valence-electron chi connectivity index (χ0n) is 12.4. The van der Waals surface area contributed by atoms with E-state index in [0.29, 0.717) is 12.7 Å². The summed E-state index contributed by atoms with van der Waals surface area (Å²) in [4.78, 5) is 4.28. The maximum atomic E-state index is 5.49. The molecule has 1 aromatic rings. The lowest BCUT2D eigenvalue weighted by atomic mass is 10.1. The van der Waals surface area contributed by atoms with Crippen molar-refractivity contribution in [1.82, 2.24) is 10.3 Å². The molecule has 19 heavy (non-hydrogen) atoms. The van der Waals surface area contributed by atoms with Gasteiger partial charge in [0.1, 0.15) is 6.26 Å².